The summed E-state index contributed by atoms with van der Waals surface area (Å²) in [6, 6.07) is 3.44. The molecule has 98 valence electrons. The van der Waals surface area contributed by atoms with Gasteiger partial charge in [0, 0.05) is 11.5 Å². The van der Waals surface area contributed by atoms with Gasteiger partial charge in [-0.25, -0.2) is 0 Å². The van der Waals surface area contributed by atoms with Crippen molar-refractivity contribution in [1.29, 1.82) is 0 Å². The number of hydrogen-bond donors (Lipinski definition) is 1. The number of benzene rings is 1. The minimum absolute atomic E-state index is 0.138. The average Bonchev–Trinajstić information content (AvgIpc) is 2.31. The number of methoxy groups -OCH3 is 1. The van der Waals surface area contributed by atoms with Gasteiger partial charge in [0.25, 0.3) is 0 Å². The van der Waals surface area contributed by atoms with Gasteiger partial charge in [-0.15, -0.1) is 0 Å². The second kappa shape index (κ2) is 5.67. The van der Waals surface area contributed by atoms with Gasteiger partial charge in [0.2, 0.25) is 0 Å². The number of aliphatic carboxylic acids is 1. The van der Waals surface area contributed by atoms with Crippen LogP contribution < -0.4 is 4.74 Å². The zero-order valence-electron chi connectivity index (χ0n) is 11.1. The third-order valence-corrected chi connectivity index (χ3v) is 3.15. The molecule has 1 aromatic rings. The fraction of sp³-hybridized carbons (Fsp3) is 0.429. The Labute approximate surface area is 107 Å². The number of carboxylic acid groups (broad SMARTS) is 1. The van der Waals surface area contributed by atoms with E-state index >= 15 is 0 Å². The lowest BCUT2D eigenvalue weighted by molar-refractivity contribution is -0.137. The van der Waals surface area contributed by atoms with Crippen LogP contribution in [0, 0.1) is 19.8 Å². The predicted molar refractivity (Wildman–Crippen MR) is 68.2 cm³/mol. The molecule has 1 rings (SSSR count). The van der Waals surface area contributed by atoms with Gasteiger partial charge in [-0.05, 0) is 37.1 Å². The van der Waals surface area contributed by atoms with Crippen molar-refractivity contribution in [3.05, 3.63) is 28.8 Å². The maximum absolute atomic E-state index is 12.1. The van der Waals surface area contributed by atoms with Crippen molar-refractivity contribution in [2.24, 2.45) is 5.92 Å². The quantitative estimate of drug-likeness (QED) is 0.816. The van der Waals surface area contributed by atoms with Crippen LogP contribution in [0.3, 0.4) is 0 Å². The molecule has 0 radical (unpaired) electrons. The van der Waals surface area contributed by atoms with Crippen molar-refractivity contribution in [2.45, 2.75) is 27.2 Å². The molecule has 1 N–H and O–H groups in total. The summed E-state index contributed by atoms with van der Waals surface area (Å²) < 4.78 is 5.18. The van der Waals surface area contributed by atoms with Crippen molar-refractivity contribution in [2.75, 3.05) is 7.11 Å². The number of Topliss-reactive ketones (excluding diaryl/α,β-unsaturated/α-hetero) is 1. The molecule has 0 fully saturated rings. The SMILES string of the molecule is COc1ccc(C(=O)C(C)CC(=O)O)c(C)c1C. The summed E-state index contributed by atoms with van der Waals surface area (Å²) in [4.78, 5) is 22.8. The molecule has 0 amide bonds. The molecule has 0 aliphatic carbocycles. The first-order valence-electron chi connectivity index (χ1n) is 5.78. The lowest BCUT2D eigenvalue weighted by atomic mass is 9.91. The molecule has 1 aromatic carbocycles. The maximum Gasteiger partial charge on any atom is 0.304 e. The number of carbonyl (C=O) groups excluding carboxylic acids is 1. The van der Waals surface area contributed by atoms with Gasteiger partial charge in [-0.1, -0.05) is 6.92 Å². The summed E-state index contributed by atoms with van der Waals surface area (Å²) in [7, 11) is 1.58. The molecule has 0 aromatic heterocycles. The molecule has 0 saturated heterocycles. The molecular formula is C14H18O4. The van der Waals surface area contributed by atoms with Crippen LogP contribution in [0.4, 0.5) is 0 Å². The molecule has 4 heteroatoms. The zero-order chi connectivity index (χ0) is 13.9. The van der Waals surface area contributed by atoms with Crippen LogP contribution in [0.25, 0.3) is 0 Å². The molecule has 4 nitrogen and oxygen atoms in total. The van der Waals surface area contributed by atoms with E-state index in [0.717, 1.165) is 16.9 Å². The van der Waals surface area contributed by atoms with Gasteiger partial charge in [0.05, 0.1) is 13.5 Å². The van der Waals surface area contributed by atoms with Crippen molar-refractivity contribution in [3.8, 4) is 5.75 Å². The van der Waals surface area contributed by atoms with E-state index in [9.17, 15) is 9.59 Å². The Kier molecular flexibility index (Phi) is 4.48. The molecule has 0 aliphatic rings. The number of carbonyl (C=O) groups is 2. The Morgan fingerprint density at radius 1 is 1.28 bits per heavy atom. The normalized spacial score (nSPS) is 12.0. The lowest BCUT2D eigenvalue weighted by Gasteiger charge is -2.14. The van der Waals surface area contributed by atoms with E-state index in [1.54, 1.807) is 26.2 Å². The summed E-state index contributed by atoms with van der Waals surface area (Å²) in [6.45, 7) is 5.36. The number of ether oxygens (including phenoxy) is 1. The van der Waals surface area contributed by atoms with Gasteiger partial charge in [0.15, 0.2) is 5.78 Å². The third-order valence-electron chi connectivity index (χ3n) is 3.15. The van der Waals surface area contributed by atoms with Gasteiger partial charge in [0.1, 0.15) is 5.75 Å². The van der Waals surface area contributed by atoms with Crippen molar-refractivity contribution in [1.82, 2.24) is 0 Å². The van der Waals surface area contributed by atoms with Crippen LogP contribution in [-0.2, 0) is 4.79 Å². The standard InChI is InChI=1S/C14H18O4/c1-8(7-13(15)16)14(17)11-5-6-12(18-4)10(3)9(11)2/h5-6,8H,7H2,1-4H3,(H,15,16). The van der Waals surface area contributed by atoms with Gasteiger partial charge >= 0.3 is 5.97 Å². The fourth-order valence-corrected chi connectivity index (χ4v) is 1.90. The first kappa shape index (κ1) is 14.2. The number of rotatable bonds is 5. The van der Waals surface area contributed by atoms with Crippen LogP contribution in [0.2, 0.25) is 0 Å². The van der Waals surface area contributed by atoms with Gasteiger partial charge in [-0.3, -0.25) is 9.59 Å². The molecule has 0 saturated carbocycles. The molecule has 1 atom stereocenters. The summed E-state index contributed by atoms with van der Waals surface area (Å²) in [5, 5.41) is 8.71. The van der Waals surface area contributed by atoms with E-state index < -0.39 is 11.9 Å². The molecule has 0 bridgehead atoms. The molecular weight excluding hydrogens is 232 g/mol. The largest absolute Gasteiger partial charge is 0.496 e. The van der Waals surface area contributed by atoms with Crippen LogP contribution in [0.15, 0.2) is 12.1 Å². The predicted octanol–water partition coefficient (Wildman–Crippen LogP) is 2.61. The Morgan fingerprint density at radius 2 is 1.89 bits per heavy atom. The van der Waals surface area contributed by atoms with Crippen molar-refractivity contribution >= 4 is 11.8 Å². The maximum atomic E-state index is 12.1. The zero-order valence-corrected chi connectivity index (χ0v) is 11.1. The van der Waals surface area contributed by atoms with E-state index in [1.165, 1.54) is 0 Å². The van der Waals surface area contributed by atoms with E-state index in [-0.39, 0.29) is 12.2 Å². The summed E-state index contributed by atoms with van der Waals surface area (Å²) in [6.07, 6.45) is -0.149. The summed E-state index contributed by atoms with van der Waals surface area (Å²) in [5.41, 5.74) is 2.32. The van der Waals surface area contributed by atoms with Gasteiger partial charge < -0.3 is 9.84 Å². The van der Waals surface area contributed by atoms with Gasteiger partial charge in [-0.2, -0.15) is 0 Å². The fourth-order valence-electron chi connectivity index (χ4n) is 1.90. The lowest BCUT2D eigenvalue weighted by Crippen LogP contribution is -2.17. The highest BCUT2D eigenvalue weighted by Crippen LogP contribution is 2.26. The van der Waals surface area contributed by atoms with E-state index in [0.29, 0.717) is 5.56 Å². The summed E-state index contributed by atoms with van der Waals surface area (Å²) in [5.74, 6) is -0.886. The van der Waals surface area contributed by atoms with Crippen molar-refractivity contribution < 1.29 is 19.4 Å². The minimum Gasteiger partial charge on any atom is -0.496 e. The highest BCUT2D eigenvalue weighted by Gasteiger charge is 2.21. The molecule has 0 spiro atoms. The Balaban J connectivity index is 3.07. The molecule has 18 heavy (non-hydrogen) atoms. The first-order valence-corrected chi connectivity index (χ1v) is 5.78. The molecule has 1 unspecified atom stereocenters. The smallest absolute Gasteiger partial charge is 0.304 e. The monoisotopic (exact) mass is 250 g/mol. The highest BCUT2D eigenvalue weighted by molar-refractivity contribution is 6.00. The second-order valence-electron chi connectivity index (χ2n) is 4.43. The highest BCUT2D eigenvalue weighted by atomic mass is 16.5. The average molecular weight is 250 g/mol. The van der Waals surface area contributed by atoms with Crippen LogP contribution in [-0.4, -0.2) is 24.0 Å². The van der Waals surface area contributed by atoms with E-state index in [1.807, 2.05) is 13.8 Å². The second-order valence-corrected chi connectivity index (χ2v) is 4.43. The molecule has 0 heterocycles. The van der Waals surface area contributed by atoms with Crippen LogP contribution in [0.1, 0.15) is 34.8 Å². The first-order chi connectivity index (χ1) is 8.38. The van der Waals surface area contributed by atoms with Crippen LogP contribution in [0.5, 0.6) is 5.75 Å². The Morgan fingerprint density at radius 3 is 2.39 bits per heavy atom. The third kappa shape index (κ3) is 2.88. The Hall–Kier alpha value is -1.84. The number of ketones is 1. The minimum atomic E-state index is -0.960. The summed E-state index contributed by atoms with van der Waals surface area (Å²) >= 11 is 0. The van der Waals surface area contributed by atoms with Crippen molar-refractivity contribution in [3.63, 3.8) is 0 Å². The van der Waals surface area contributed by atoms with E-state index in [2.05, 4.69) is 0 Å². The number of carboxylic acids is 1. The Bertz CT molecular complexity index is 477. The number of hydrogen-bond acceptors (Lipinski definition) is 3. The van der Waals surface area contributed by atoms with E-state index in [4.69, 9.17) is 9.84 Å². The molecule has 0 aliphatic heterocycles. The van der Waals surface area contributed by atoms with Crippen LogP contribution >= 0.6 is 0 Å². The topological polar surface area (TPSA) is 63.6 Å².